The first kappa shape index (κ1) is 15.7. The molecular weight excluding hydrogens is 240 g/mol. The lowest BCUT2D eigenvalue weighted by atomic mass is 10.0. The Labute approximate surface area is 115 Å². The number of nitrogens with one attached hydrogen (secondary N) is 2. The molecule has 0 spiro atoms. The third-order valence-corrected chi connectivity index (χ3v) is 3.15. The maximum absolute atomic E-state index is 11.8. The van der Waals surface area contributed by atoms with E-state index in [4.69, 9.17) is 4.74 Å². The summed E-state index contributed by atoms with van der Waals surface area (Å²) >= 11 is 0. The summed E-state index contributed by atoms with van der Waals surface area (Å²) in [5, 5.41) is 6.14. The molecule has 1 amide bonds. The van der Waals surface area contributed by atoms with Crippen LogP contribution in [0.15, 0.2) is 24.3 Å². The number of methoxy groups -OCH3 is 1. The number of amides is 1. The molecule has 1 unspecified atom stereocenters. The van der Waals surface area contributed by atoms with Gasteiger partial charge in [-0.1, -0.05) is 24.3 Å². The number of hydrogen-bond donors (Lipinski definition) is 2. The van der Waals surface area contributed by atoms with E-state index >= 15 is 0 Å². The molecule has 106 valence electrons. The third-order valence-electron chi connectivity index (χ3n) is 3.15. The Balaban J connectivity index is 2.50. The average Bonchev–Trinajstić information content (AvgIpc) is 2.39. The molecule has 0 radical (unpaired) electrons. The zero-order valence-electron chi connectivity index (χ0n) is 12.2. The van der Waals surface area contributed by atoms with E-state index in [2.05, 4.69) is 36.6 Å². The molecule has 1 aromatic rings. The highest BCUT2D eigenvalue weighted by molar-refractivity contribution is 5.81. The maximum Gasteiger partial charge on any atom is 0.236 e. The van der Waals surface area contributed by atoms with Crippen LogP contribution in [0.3, 0.4) is 0 Å². The predicted molar refractivity (Wildman–Crippen MR) is 77.1 cm³/mol. The van der Waals surface area contributed by atoms with Gasteiger partial charge in [0.25, 0.3) is 0 Å². The Morgan fingerprint density at radius 3 is 2.63 bits per heavy atom. The van der Waals surface area contributed by atoms with Crippen LogP contribution in [-0.2, 0) is 9.53 Å². The molecule has 2 N–H and O–H groups in total. The van der Waals surface area contributed by atoms with Gasteiger partial charge in [0.15, 0.2) is 0 Å². The molecule has 0 fully saturated rings. The number of benzene rings is 1. The number of aryl methyl sites for hydroxylation is 1. The van der Waals surface area contributed by atoms with Gasteiger partial charge in [0.1, 0.15) is 0 Å². The van der Waals surface area contributed by atoms with Crippen molar-refractivity contribution in [2.75, 3.05) is 20.3 Å². The number of hydrogen-bond acceptors (Lipinski definition) is 3. The fourth-order valence-electron chi connectivity index (χ4n) is 2.04. The monoisotopic (exact) mass is 264 g/mol. The molecule has 1 aromatic carbocycles. The molecule has 0 aromatic heterocycles. The molecule has 0 bridgehead atoms. The van der Waals surface area contributed by atoms with Gasteiger partial charge in [-0.15, -0.1) is 0 Å². The molecule has 0 aliphatic heterocycles. The van der Waals surface area contributed by atoms with Crippen molar-refractivity contribution in [2.24, 2.45) is 0 Å². The second kappa shape index (κ2) is 7.92. The Morgan fingerprint density at radius 1 is 1.32 bits per heavy atom. The lowest BCUT2D eigenvalue weighted by molar-refractivity contribution is -0.123. The van der Waals surface area contributed by atoms with Crippen LogP contribution in [0.2, 0.25) is 0 Å². The molecule has 2 atom stereocenters. The number of rotatable bonds is 7. The maximum atomic E-state index is 11.8. The van der Waals surface area contributed by atoms with Gasteiger partial charge in [0, 0.05) is 19.7 Å². The second-order valence-electron chi connectivity index (χ2n) is 4.75. The van der Waals surface area contributed by atoms with E-state index in [-0.39, 0.29) is 18.0 Å². The zero-order chi connectivity index (χ0) is 14.3. The van der Waals surface area contributed by atoms with Crippen LogP contribution in [0.25, 0.3) is 0 Å². The molecule has 4 heteroatoms. The molecule has 19 heavy (non-hydrogen) atoms. The highest BCUT2D eigenvalue weighted by atomic mass is 16.5. The zero-order valence-corrected chi connectivity index (χ0v) is 12.2. The number of ether oxygens (including phenoxy) is 1. The van der Waals surface area contributed by atoms with Crippen molar-refractivity contribution in [3.8, 4) is 0 Å². The van der Waals surface area contributed by atoms with Crippen molar-refractivity contribution >= 4 is 5.91 Å². The SMILES string of the molecule is COCCNC(=O)C(C)N[C@H](C)c1ccccc1C. The first-order valence-electron chi connectivity index (χ1n) is 6.64. The molecule has 0 saturated carbocycles. The Morgan fingerprint density at radius 2 is 2.00 bits per heavy atom. The highest BCUT2D eigenvalue weighted by Crippen LogP contribution is 2.17. The van der Waals surface area contributed by atoms with Gasteiger partial charge >= 0.3 is 0 Å². The first-order chi connectivity index (χ1) is 9.06. The largest absolute Gasteiger partial charge is 0.383 e. The third kappa shape index (κ3) is 5.01. The quantitative estimate of drug-likeness (QED) is 0.738. The lowest BCUT2D eigenvalue weighted by Gasteiger charge is -2.21. The van der Waals surface area contributed by atoms with Gasteiger partial charge in [-0.2, -0.15) is 0 Å². The van der Waals surface area contributed by atoms with Crippen LogP contribution >= 0.6 is 0 Å². The van der Waals surface area contributed by atoms with Crippen molar-refractivity contribution in [2.45, 2.75) is 32.9 Å². The molecule has 0 aliphatic carbocycles. The molecular formula is C15H24N2O2. The summed E-state index contributed by atoms with van der Waals surface area (Å²) in [4.78, 5) is 11.8. The van der Waals surface area contributed by atoms with Crippen LogP contribution in [0.4, 0.5) is 0 Å². The van der Waals surface area contributed by atoms with E-state index in [9.17, 15) is 4.79 Å². The first-order valence-corrected chi connectivity index (χ1v) is 6.64. The van der Waals surface area contributed by atoms with Gasteiger partial charge in [0.2, 0.25) is 5.91 Å². The summed E-state index contributed by atoms with van der Waals surface area (Å²) in [5.74, 6) is -0.00233. The van der Waals surface area contributed by atoms with E-state index in [0.717, 1.165) is 0 Å². The summed E-state index contributed by atoms with van der Waals surface area (Å²) in [7, 11) is 1.62. The smallest absolute Gasteiger partial charge is 0.236 e. The van der Waals surface area contributed by atoms with Gasteiger partial charge in [-0.05, 0) is 31.9 Å². The molecule has 0 aliphatic rings. The molecule has 4 nitrogen and oxygen atoms in total. The lowest BCUT2D eigenvalue weighted by Crippen LogP contribution is -2.44. The van der Waals surface area contributed by atoms with Gasteiger partial charge in [-0.3, -0.25) is 10.1 Å². The van der Waals surface area contributed by atoms with Gasteiger partial charge in [-0.25, -0.2) is 0 Å². The summed E-state index contributed by atoms with van der Waals surface area (Å²) in [5.41, 5.74) is 2.45. The minimum atomic E-state index is -0.230. The Kier molecular flexibility index (Phi) is 6.53. The number of carbonyl (C=O) groups is 1. The molecule has 0 saturated heterocycles. The number of carbonyl (C=O) groups excluding carboxylic acids is 1. The van der Waals surface area contributed by atoms with E-state index < -0.39 is 0 Å². The van der Waals surface area contributed by atoms with Crippen LogP contribution < -0.4 is 10.6 Å². The normalized spacial score (nSPS) is 13.9. The fraction of sp³-hybridized carbons (Fsp3) is 0.533. The predicted octanol–water partition coefficient (Wildman–Crippen LogP) is 1.80. The second-order valence-corrected chi connectivity index (χ2v) is 4.75. The van der Waals surface area contributed by atoms with Crippen molar-refractivity contribution in [3.63, 3.8) is 0 Å². The average molecular weight is 264 g/mol. The summed E-state index contributed by atoms with van der Waals surface area (Å²) in [6.45, 7) is 7.10. The highest BCUT2D eigenvalue weighted by Gasteiger charge is 2.16. The molecule has 0 heterocycles. The Hall–Kier alpha value is -1.39. The van der Waals surface area contributed by atoms with E-state index in [1.54, 1.807) is 7.11 Å². The van der Waals surface area contributed by atoms with Crippen molar-refractivity contribution in [3.05, 3.63) is 35.4 Å². The van der Waals surface area contributed by atoms with Crippen LogP contribution in [-0.4, -0.2) is 32.2 Å². The van der Waals surface area contributed by atoms with Crippen molar-refractivity contribution in [1.29, 1.82) is 0 Å². The van der Waals surface area contributed by atoms with E-state index in [1.807, 2.05) is 19.1 Å². The Bertz CT molecular complexity index is 407. The topological polar surface area (TPSA) is 50.4 Å². The standard InChI is InChI=1S/C15H24N2O2/c1-11-7-5-6-8-14(11)12(2)17-13(3)15(18)16-9-10-19-4/h5-8,12-13,17H,9-10H2,1-4H3,(H,16,18)/t12-,13?/m1/s1. The summed E-state index contributed by atoms with van der Waals surface area (Å²) in [6.07, 6.45) is 0. The van der Waals surface area contributed by atoms with E-state index in [1.165, 1.54) is 11.1 Å². The van der Waals surface area contributed by atoms with Crippen LogP contribution in [0.5, 0.6) is 0 Å². The molecule has 1 rings (SSSR count). The van der Waals surface area contributed by atoms with Gasteiger partial charge in [0.05, 0.1) is 12.6 Å². The fourth-order valence-corrected chi connectivity index (χ4v) is 2.04. The van der Waals surface area contributed by atoms with Crippen molar-refractivity contribution in [1.82, 2.24) is 10.6 Å². The summed E-state index contributed by atoms with van der Waals surface area (Å²) < 4.78 is 4.90. The van der Waals surface area contributed by atoms with Crippen LogP contribution in [0, 0.1) is 6.92 Å². The minimum absolute atomic E-state index is 0.00233. The minimum Gasteiger partial charge on any atom is -0.383 e. The van der Waals surface area contributed by atoms with Crippen molar-refractivity contribution < 1.29 is 9.53 Å². The van der Waals surface area contributed by atoms with Gasteiger partial charge < -0.3 is 10.1 Å². The summed E-state index contributed by atoms with van der Waals surface area (Å²) in [6, 6.07) is 8.12. The van der Waals surface area contributed by atoms with Crippen LogP contribution in [0.1, 0.15) is 31.0 Å². The van der Waals surface area contributed by atoms with E-state index in [0.29, 0.717) is 13.2 Å².